The predicted octanol–water partition coefficient (Wildman–Crippen LogP) is 24.5. The van der Waals surface area contributed by atoms with Crippen molar-refractivity contribution in [2.75, 3.05) is 13.1 Å². The van der Waals surface area contributed by atoms with E-state index in [2.05, 4.69) is 39.8 Å². The van der Waals surface area contributed by atoms with Crippen LogP contribution in [0.2, 0.25) is 0 Å². The molecule has 88 heavy (non-hydrogen) atoms. The number of rotatable bonds is 52. The van der Waals surface area contributed by atoms with Crippen LogP contribution >= 0.6 is 22.7 Å². The fourth-order valence-corrected chi connectivity index (χ4v) is 15.9. The number of amides is 4. The van der Waals surface area contributed by atoms with Crippen molar-refractivity contribution in [3.05, 3.63) is 68.4 Å². The highest BCUT2D eigenvalue weighted by atomic mass is 32.1. The van der Waals surface area contributed by atoms with Crippen molar-refractivity contribution in [3.63, 3.8) is 0 Å². The van der Waals surface area contributed by atoms with Gasteiger partial charge < -0.3 is 0 Å². The molecule has 4 aromatic rings. The molecule has 0 radical (unpaired) electrons. The standard InChI is InChI=1S/C78H116N4O4S2/c1-5-9-13-17-21-25-27-31-35-39-47-61(45-37-33-29-23-19-15-11-7-3)49-41-43-55-81-75(83)67-57-66(70-54-52-64(60-80)88-70)74-72-68(58-65(73(71(67)72)77(81)85)69-53-51-63(59-79)87-69)76(84)82(78(74)86)56-44-42-50-62(46-38-34-30-24-20-16-12-8-4)48-40-36-32-28-26-22-18-14-10-6-2/h51-54,57-58,61-62H,5-50,55-56H2,1-4H3. The smallest absolute Gasteiger partial charge is 0.262 e. The largest absolute Gasteiger partial charge is 0.274 e. The van der Waals surface area contributed by atoms with Crippen LogP contribution in [0.5, 0.6) is 0 Å². The lowest BCUT2D eigenvalue weighted by molar-refractivity contribution is 0.0586. The summed E-state index contributed by atoms with van der Waals surface area (Å²) in [7, 11) is 0. The van der Waals surface area contributed by atoms with Gasteiger partial charge in [0.2, 0.25) is 0 Å². The van der Waals surface area contributed by atoms with E-state index in [1.807, 2.05) is 12.1 Å². The molecule has 2 aliphatic rings. The van der Waals surface area contributed by atoms with Gasteiger partial charge in [-0.15, -0.1) is 22.7 Å². The molecule has 8 nitrogen and oxygen atoms in total. The maximum Gasteiger partial charge on any atom is 0.262 e. The first-order valence-electron chi connectivity index (χ1n) is 36.6. The second-order valence-corrected chi connectivity index (χ2v) is 28.9. The number of carbonyl (C=O) groups excluding carboxylic acids is 4. The third kappa shape index (κ3) is 22.9. The lowest BCUT2D eigenvalue weighted by Gasteiger charge is -2.34. The molecule has 0 bridgehead atoms. The lowest BCUT2D eigenvalue weighted by atomic mass is 9.80. The van der Waals surface area contributed by atoms with Crippen molar-refractivity contribution in [2.24, 2.45) is 11.8 Å². The third-order valence-corrected chi connectivity index (χ3v) is 21.6. The maximum atomic E-state index is 15.3. The first-order chi connectivity index (χ1) is 43.2. The summed E-state index contributed by atoms with van der Waals surface area (Å²) in [4.78, 5) is 66.2. The van der Waals surface area contributed by atoms with E-state index in [1.165, 1.54) is 289 Å². The van der Waals surface area contributed by atoms with Gasteiger partial charge in [-0.1, -0.05) is 310 Å². The van der Waals surface area contributed by atoms with Crippen molar-refractivity contribution in [1.29, 1.82) is 10.5 Å². The molecule has 4 heterocycles. The Bertz CT molecular complexity index is 2610. The Hall–Kier alpha value is -4.64. The van der Waals surface area contributed by atoms with Crippen LogP contribution in [0, 0.1) is 34.5 Å². The number of hydrogen-bond donors (Lipinski definition) is 0. The molecule has 2 atom stereocenters. The monoisotopic (exact) mass is 1240 g/mol. The molecule has 0 N–H and O–H groups in total. The van der Waals surface area contributed by atoms with Crippen LogP contribution in [0.25, 0.3) is 31.7 Å². The fourth-order valence-electron chi connectivity index (χ4n) is 14.3. The number of thiophene rings is 2. The quantitative estimate of drug-likeness (QED) is 0.0321. The van der Waals surface area contributed by atoms with Crippen molar-refractivity contribution in [1.82, 2.24) is 9.80 Å². The molecule has 4 amide bonds. The van der Waals surface area contributed by atoms with Crippen molar-refractivity contribution in [3.8, 4) is 33.0 Å². The Labute approximate surface area is 542 Å². The summed E-state index contributed by atoms with van der Waals surface area (Å²) < 4.78 is 0. The Balaban J connectivity index is 1.19. The number of benzene rings is 2. The van der Waals surface area contributed by atoms with Crippen molar-refractivity contribution < 1.29 is 19.2 Å². The molecule has 0 aliphatic carbocycles. The van der Waals surface area contributed by atoms with E-state index >= 15 is 19.2 Å². The molecule has 0 saturated carbocycles. The summed E-state index contributed by atoms with van der Waals surface area (Å²) >= 11 is 2.53. The van der Waals surface area contributed by atoms with Crippen LogP contribution in [-0.2, 0) is 0 Å². The Kier molecular flexibility index (Phi) is 34.9. The summed E-state index contributed by atoms with van der Waals surface area (Å²) in [5.41, 5.74) is 2.23. The van der Waals surface area contributed by atoms with Gasteiger partial charge in [0, 0.05) is 55.9 Å². The first kappa shape index (κ1) is 72.4. The number of unbranched alkanes of at least 4 members (excludes halogenated alkanes) is 34. The number of hydrogen-bond acceptors (Lipinski definition) is 8. The molecular weight excluding hydrogens is 1120 g/mol. The predicted molar refractivity (Wildman–Crippen MR) is 373 cm³/mol. The Morgan fingerprint density at radius 1 is 0.330 bits per heavy atom. The molecule has 2 aliphatic heterocycles. The molecule has 2 aromatic heterocycles. The van der Waals surface area contributed by atoms with Gasteiger partial charge in [-0.25, -0.2) is 0 Å². The number of imide groups is 2. The van der Waals surface area contributed by atoms with Gasteiger partial charge in [0.15, 0.2) is 0 Å². The zero-order valence-corrected chi connectivity index (χ0v) is 57.4. The highest BCUT2D eigenvalue weighted by molar-refractivity contribution is 7.16. The molecule has 10 heteroatoms. The van der Waals surface area contributed by atoms with Gasteiger partial charge in [-0.2, -0.15) is 10.5 Å². The van der Waals surface area contributed by atoms with Gasteiger partial charge >= 0.3 is 0 Å². The Morgan fingerprint density at radius 2 is 0.580 bits per heavy atom. The zero-order valence-electron chi connectivity index (χ0n) is 55.8. The van der Waals surface area contributed by atoms with Gasteiger partial charge in [-0.3, -0.25) is 29.0 Å². The minimum atomic E-state index is -0.421. The molecular formula is C78H116N4O4S2. The second-order valence-electron chi connectivity index (χ2n) is 26.7. The topological polar surface area (TPSA) is 122 Å². The van der Waals surface area contributed by atoms with Crippen molar-refractivity contribution >= 4 is 57.1 Å². The van der Waals surface area contributed by atoms with E-state index < -0.39 is 23.6 Å². The number of nitrogens with zero attached hydrogens (tertiary/aromatic N) is 4. The molecule has 0 saturated heterocycles. The second kappa shape index (κ2) is 42.4. The summed E-state index contributed by atoms with van der Waals surface area (Å²) in [5.74, 6) is -0.431. The highest BCUT2D eigenvalue weighted by Gasteiger charge is 2.43. The van der Waals surface area contributed by atoms with Gasteiger partial charge in [0.05, 0.1) is 11.1 Å². The summed E-state index contributed by atoms with van der Waals surface area (Å²) in [5, 5.41) is 20.8. The van der Waals surface area contributed by atoms with E-state index in [-0.39, 0.29) is 13.1 Å². The summed E-state index contributed by atoms with van der Waals surface area (Å²) in [6.45, 7) is 9.63. The zero-order chi connectivity index (χ0) is 62.6. The molecule has 484 valence electrons. The minimum absolute atomic E-state index is 0.260. The molecule has 0 spiro atoms. The molecule has 0 fully saturated rings. The number of nitriles is 2. The molecule has 6 rings (SSSR count). The van der Waals surface area contributed by atoms with Crippen LogP contribution in [-0.4, -0.2) is 46.5 Å². The average molecular weight is 1240 g/mol. The Morgan fingerprint density at radius 3 is 0.830 bits per heavy atom. The van der Waals surface area contributed by atoms with E-state index in [9.17, 15) is 10.5 Å². The summed E-state index contributed by atoms with van der Waals surface area (Å²) in [6, 6.07) is 15.2. The van der Waals surface area contributed by atoms with Gasteiger partial charge in [-0.05, 0) is 61.1 Å². The average Bonchev–Trinajstić information content (AvgIpc) is 0.838. The van der Waals surface area contributed by atoms with Gasteiger partial charge in [0.1, 0.15) is 21.9 Å². The fraction of sp³-hybridized carbons (Fsp3) is 0.692. The first-order valence-corrected chi connectivity index (χ1v) is 38.2. The maximum absolute atomic E-state index is 15.3. The molecule has 2 unspecified atom stereocenters. The van der Waals surface area contributed by atoms with E-state index in [0.29, 0.717) is 88.3 Å². The molecule has 2 aromatic carbocycles. The third-order valence-electron chi connectivity index (χ3n) is 19.6. The van der Waals surface area contributed by atoms with Gasteiger partial charge in [0.25, 0.3) is 23.6 Å². The van der Waals surface area contributed by atoms with Crippen LogP contribution < -0.4 is 0 Å². The van der Waals surface area contributed by atoms with E-state index in [0.717, 1.165) is 25.7 Å². The minimum Gasteiger partial charge on any atom is -0.274 e. The number of carbonyl (C=O) groups is 4. The van der Waals surface area contributed by atoms with Crippen LogP contribution in [0.4, 0.5) is 0 Å². The van der Waals surface area contributed by atoms with Crippen molar-refractivity contribution in [2.45, 2.75) is 323 Å². The summed E-state index contributed by atoms with van der Waals surface area (Å²) in [6.07, 6.45) is 57.8. The van der Waals surface area contributed by atoms with E-state index in [4.69, 9.17) is 0 Å². The van der Waals surface area contributed by atoms with Crippen LogP contribution in [0.1, 0.15) is 374 Å². The highest BCUT2D eigenvalue weighted by Crippen LogP contribution is 2.48. The van der Waals surface area contributed by atoms with Crippen LogP contribution in [0.3, 0.4) is 0 Å². The van der Waals surface area contributed by atoms with E-state index in [1.54, 1.807) is 24.3 Å². The lowest BCUT2D eigenvalue weighted by Crippen LogP contribution is -2.44. The SMILES string of the molecule is CCCCCCCCCCCCC(CCCCCCCCCC)CCCCN1C(=O)c2cc(-c3ccc(C#N)s3)c3c4c(cc(-c5ccc(C#N)s5)c(c24)C1=O)C(=O)N(CCCCC(CCCCCCCCCC)CCCCCCCCCCCC)C3=O. The normalized spacial score (nSPS) is 13.8. The van der Waals surface area contributed by atoms with Crippen LogP contribution in [0.15, 0.2) is 36.4 Å².